The Morgan fingerprint density at radius 3 is 2.42 bits per heavy atom. The molecule has 31 heavy (non-hydrogen) atoms. The van der Waals surface area contributed by atoms with Gasteiger partial charge in [-0.25, -0.2) is 4.39 Å². The van der Waals surface area contributed by atoms with Gasteiger partial charge in [0.1, 0.15) is 11.6 Å². The van der Waals surface area contributed by atoms with Crippen molar-refractivity contribution in [3.63, 3.8) is 0 Å². The number of benzene rings is 2. The van der Waals surface area contributed by atoms with E-state index in [1.807, 2.05) is 6.07 Å². The van der Waals surface area contributed by atoms with Crippen molar-refractivity contribution in [2.45, 2.75) is 26.9 Å². The normalized spacial score (nSPS) is 14.6. The number of aryl methyl sites for hydroxylation is 2. The Morgan fingerprint density at radius 1 is 0.968 bits per heavy atom. The van der Waals surface area contributed by atoms with Crippen LogP contribution in [0.5, 0.6) is 0 Å². The molecule has 1 N–H and O–H groups in total. The predicted octanol–water partition coefficient (Wildman–Crippen LogP) is 4.29. The van der Waals surface area contributed by atoms with Gasteiger partial charge in [-0.1, -0.05) is 18.2 Å². The number of piperazine rings is 1. The molecule has 1 aliphatic rings. The molecule has 1 amide bonds. The first kappa shape index (κ1) is 21.1. The van der Waals surface area contributed by atoms with E-state index in [1.165, 1.54) is 28.9 Å². The molecule has 2 heterocycles. The van der Waals surface area contributed by atoms with Crippen LogP contribution >= 0.6 is 0 Å². The van der Waals surface area contributed by atoms with Crippen LogP contribution in [0.2, 0.25) is 0 Å². The molecule has 0 unspecified atom stereocenters. The van der Waals surface area contributed by atoms with Crippen LogP contribution in [0.15, 0.2) is 59.0 Å². The number of carbonyl (C=O) groups excluding carboxylic acids is 1. The van der Waals surface area contributed by atoms with Gasteiger partial charge in [-0.05, 0) is 66.9 Å². The van der Waals surface area contributed by atoms with Gasteiger partial charge in [0.2, 0.25) is 0 Å². The van der Waals surface area contributed by atoms with Crippen LogP contribution in [0.1, 0.15) is 33.0 Å². The molecular weight excluding hydrogens is 393 g/mol. The zero-order valence-electron chi connectivity index (χ0n) is 18.0. The fourth-order valence-corrected chi connectivity index (χ4v) is 3.76. The smallest absolute Gasteiger partial charge is 0.287 e. The lowest BCUT2D eigenvalue weighted by Crippen LogP contribution is -2.45. The minimum Gasteiger partial charge on any atom is -0.455 e. The van der Waals surface area contributed by atoms with E-state index in [0.29, 0.717) is 18.8 Å². The molecule has 1 saturated heterocycles. The Hall–Kier alpha value is -3.12. The number of hydrogen-bond donors (Lipinski definition) is 1. The highest BCUT2D eigenvalue weighted by Gasteiger charge is 2.19. The van der Waals surface area contributed by atoms with Crippen LogP contribution in [0, 0.1) is 19.7 Å². The average molecular weight is 422 g/mol. The van der Waals surface area contributed by atoms with E-state index in [1.54, 1.807) is 18.2 Å². The van der Waals surface area contributed by atoms with Crippen LogP contribution in [0.25, 0.3) is 0 Å². The number of nitrogens with zero attached hydrogens (tertiary/aromatic N) is 2. The SMILES string of the molecule is Cc1ccc(N2CCN(Cc3ccc(C(=O)NCc4ccc(F)cc4)o3)CC2)cc1C. The number of furan rings is 1. The first-order valence-electron chi connectivity index (χ1n) is 10.6. The molecule has 6 heteroatoms. The fourth-order valence-electron chi connectivity index (χ4n) is 3.76. The van der Waals surface area contributed by atoms with E-state index >= 15 is 0 Å². The van der Waals surface area contributed by atoms with Gasteiger partial charge in [0, 0.05) is 38.4 Å². The quantitative estimate of drug-likeness (QED) is 0.645. The second-order valence-electron chi connectivity index (χ2n) is 8.11. The van der Waals surface area contributed by atoms with Crippen LogP contribution < -0.4 is 10.2 Å². The number of halogens is 1. The molecule has 0 bridgehead atoms. The summed E-state index contributed by atoms with van der Waals surface area (Å²) in [4.78, 5) is 17.1. The van der Waals surface area contributed by atoms with Gasteiger partial charge in [0.15, 0.2) is 5.76 Å². The minimum atomic E-state index is -0.291. The summed E-state index contributed by atoms with van der Waals surface area (Å²) in [6.45, 7) is 9.13. The second-order valence-corrected chi connectivity index (χ2v) is 8.11. The lowest BCUT2D eigenvalue weighted by atomic mass is 10.1. The van der Waals surface area contributed by atoms with E-state index in [4.69, 9.17) is 4.42 Å². The molecule has 0 saturated carbocycles. The van der Waals surface area contributed by atoms with E-state index in [-0.39, 0.29) is 11.7 Å². The van der Waals surface area contributed by atoms with E-state index in [0.717, 1.165) is 37.5 Å². The third kappa shape index (κ3) is 5.33. The maximum Gasteiger partial charge on any atom is 0.287 e. The molecule has 1 aromatic heterocycles. The van der Waals surface area contributed by atoms with Gasteiger partial charge in [-0.2, -0.15) is 0 Å². The number of anilines is 1. The molecule has 3 aromatic rings. The Labute approximate surface area is 182 Å². The number of nitrogens with one attached hydrogen (secondary N) is 1. The maximum atomic E-state index is 13.0. The van der Waals surface area contributed by atoms with Crippen molar-refractivity contribution in [2.75, 3.05) is 31.1 Å². The topological polar surface area (TPSA) is 48.7 Å². The van der Waals surface area contributed by atoms with Crippen LogP contribution in [-0.4, -0.2) is 37.0 Å². The largest absolute Gasteiger partial charge is 0.455 e. The summed E-state index contributed by atoms with van der Waals surface area (Å²) in [6, 6.07) is 16.3. The lowest BCUT2D eigenvalue weighted by Gasteiger charge is -2.36. The molecule has 1 fully saturated rings. The molecule has 5 nitrogen and oxygen atoms in total. The number of hydrogen-bond acceptors (Lipinski definition) is 4. The fraction of sp³-hybridized carbons (Fsp3) is 0.320. The third-order valence-electron chi connectivity index (χ3n) is 5.86. The van der Waals surface area contributed by atoms with E-state index in [9.17, 15) is 9.18 Å². The van der Waals surface area contributed by atoms with Crippen molar-refractivity contribution >= 4 is 11.6 Å². The standard InChI is InChI=1S/C25H28FN3O2/c1-18-3-8-22(15-19(18)2)29-13-11-28(12-14-29)17-23-9-10-24(31-23)25(30)27-16-20-4-6-21(26)7-5-20/h3-10,15H,11-14,16-17H2,1-2H3,(H,27,30). The zero-order chi connectivity index (χ0) is 21.8. The Bertz CT molecular complexity index is 1040. The summed E-state index contributed by atoms with van der Waals surface area (Å²) < 4.78 is 18.7. The van der Waals surface area contributed by atoms with Crippen molar-refractivity contribution < 1.29 is 13.6 Å². The van der Waals surface area contributed by atoms with Crippen molar-refractivity contribution in [3.8, 4) is 0 Å². The van der Waals surface area contributed by atoms with Crippen LogP contribution in [-0.2, 0) is 13.1 Å². The van der Waals surface area contributed by atoms with Crippen molar-refractivity contribution in [1.29, 1.82) is 0 Å². The molecule has 162 valence electrons. The Kier molecular flexibility index (Phi) is 6.37. The summed E-state index contributed by atoms with van der Waals surface area (Å²) in [5, 5.41) is 2.81. The lowest BCUT2D eigenvalue weighted by molar-refractivity contribution is 0.0919. The van der Waals surface area contributed by atoms with Crippen molar-refractivity contribution in [1.82, 2.24) is 10.2 Å². The highest BCUT2D eigenvalue weighted by molar-refractivity contribution is 5.91. The monoisotopic (exact) mass is 421 g/mol. The highest BCUT2D eigenvalue weighted by atomic mass is 19.1. The molecule has 0 radical (unpaired) electrons. The first-order chi connectivity index (χ1) is 15.0. The highest BCUT2D eigenvalue weighted by Crippen LogP contribution is 2.21. The molecule has 0 atom stereocenters. The molecule has 2 aromatic carbocycles. The van der Waals surface area contributed by atoms with Crippen LogP contribution in [0.3, 0.4) is 0 Å². The average Bonchev–Trinajstić information content (AvgIpc) is 3.24. The van der Waals surface area contributed by atoms with Gasteiger partial charge in [-0.3, -0.25) is 9.69 Å². The number of rotatable bonds is 6. The summed E-state index contributed by atoms with van der Waals surface area (Å²) in [5.74, 6) is 0.521. The second kappa shape index (κ2) is 9.35. The number of carbonyl (C=O) groups is 1. The van der Waals surface area contributed by atoms with Gasteiger partial charge < -0.3 is 14.6 Å². The summed E-state index contributed by atoms with van der Waals surface area (Å²) in [6.07, 6.45) is 0. The summed E-state index contributed by atoms with van der Waals surface area (Å²) >= 11 is 0. The van der Waals surface area contributed by atoms with Crippen molar-refractivity contribution in [2.24, 2.45) is 0 Å². The minimum absolute atomic E-state index is 0.268. The molecule has 0 spiro atoms. The summed E-state index contributed by atoms with van der Waals surface area (Å²) in [5.41, 5.74) is 4.75. The maximum absolute atomic E-state index is 13.0. The Balaban J connectivity index is 1.26. The predicted molar refractivity (Wildman–Crippen MR) is 120 cm³/mol. The van der Waals surface area contributed by atoms with Gasteiger partial charge in [0.25, 0.3) is 5.91 Å². The van der Waals surface area contributed by atoms with E-state index in [2.05, 4.69) is 47.2 Å². The van der Waals surface area contributed by atoms with Gasteiger partial charge in [0.05, 0.1) is 6.54 Å². The van der Waals surface area contributed by atoms with Gasteiger partial charge >= 0.3 is 0 Å². The Morgan fingerprint density at radius 2 is 1.71 bits per heavy atom. The zero-order valence-corrected chi connectivity index (χ0v) is 18.0. The molecule has 1 aliphatic heterocycles. The van der Waals surface area contributed by atoms with Crippen LogP contribution in [0.4, 0.5) is 10.1 Å². The third-order valence-corrected chi connectivity index (χ3v) is 5.86. The molecule has 0 aliphatic carbocycles. The van der Waals surface area contributed by atoms with Gasteiger partial charge in [-0.15, -0.1) is 0 Å². The summed E-state index contributed by atoms with van der Waals surface area (Å²) in [7, 11) is 0. The van der Waals surface area contributed by atoms with E-state index < -0.39 is 0 Å². The molecule has 4 rings (SSSR count). The first-order valence-corrected chi connectivity index (χ1v) is 10.6. The molecular formula is C25H28FN3O2. The number of amides is 1. The van der Waals surface area contributed by atoms with Crippen molar-refractivity contribution in [3.05, 3.63) is 88.6 Å².